The van der Waals surface area contributed by atoms with Crippen LogP contribution in [-0.4, -0.2) is 38.5 Å². The molecule has 1 saturated heterocycles. The minimum Gasteiger partial charge on any atom is -0.480 e. The van der Waals surface area contributed by atoms with Gasteiger partial charge in [0.15, 0.2) is 0 Å². The minimum atomic E-state index is -0.912. The topological polar surface area (TPSA) is 57.6 Å². The Hall–Kier alpha value is -0.710. The van der Waals surface area contributed by atoms with Crippen molar-refractivity contribution in [2.24, 2.45) is 0 Å². The third-order valence-electron chi connectivity index (χ3n) is 2.34. The van der Waals surface area contributed by atoms with Crippen LogP contribution in [0.5, 0.6) is 0 Å². The molecule has 0 unspecified atom stereocenters. The normalized spacial score (nSPS) is 25.1. The molecule has 5 heteroatoms. The van der Waals surface area contributed by atoms with Crippen LogP contribution in [0.3, 0.4) is 0 Å². The lowest BCUT2D eigenvalue weighted by Gasteiger charge is -2.32. The molecule has 1 fully saturated rings. The summed E-state index contributed by atoms with van der Waals surface area (Å²) in [5.74, 6) is -0.522. The van der Waals surface area contributed by atoms with Crippen LogP contribution in [-0.2, 0) is 9.59 Å². The predicted molar refractivity (Wildman–Crippen MR) is 55.1 cm³/mol. The second-order valence-electron chi connectivity index (χ2n) is 3.73. The highest BCUT2D eigenvalue weighted by Crippen LogP contribution is 2.39. The van der Waals surface area contributed by atoms with Crippen LogP contribution in [0.2, 0.25) is 0 Å². The summed E-state index contributed by atoms with van der Waals surface area (Å²) in [7, 11) is 0. The van der Waals surface area contributed by atoms with E-state index in [2.05, 4.69) is 0 Å². The van der Waals surface area contributed by atoms with Gasteiger partial charge in [0.05, 0.1) is 4.87 Å². The molecule has 14 heavy (non-hydrogen) atoms. The monoisotopic (exact) mass is 217 g/mol. The van der Waals surface area contributed by atoms with Gasteiger partial charge in [-0.15, -0.1) is 11.8 Å². The van der Waals surface area contributed by atoms with Crippen molar-refractivity contribution in [3.8, 4) is 0 Å². The average molecular weight is 217 g/mol. The van der Waals surface area contributed by atoms with Crippen molar-refractivity contribution in [2.45, 2.75) is 38.1 Å². The van der Waals surface area contributed by atoms with E-state index in [1.54, 1.807) is 6.92 Å². The molecule has 0 aromatic carbocycles. The summed E-state index contributed by atoms with van der Waals surface area (Å²) in [5.41, 5.74) is 0. The zero-order chi connectivity index (χ0) is 10.9. The summed E-state index contributed by atoms with van der Waals surface area (Å²) >= 11 is 1.51. The first-order chi connectivity index (χ1) is 6.40. The third-order valence-corrected chi connectivity index (χ3v) is 3.73. The molecule has 0 saturated carbocycles. The second kappa shape index (κ2) is 3.81. The molecule has 1 rings (SSSR count). The summed E-state index contributed by atoms with van der Waals surface area (Å²) in [4.78, 5) is 23.6. The Morgan fingerprint density at radius 2 is 2.14 bits per heavy atom. The van der Waals surface area contributed by atoms with Crippen molar-refractivity contribution < 1.29 is 14.7 Å². The molecular formula is C9H15NO3S. The van der Waals surface area contributed by atoms with Crippen molar-refractivity contribution in [3.63, 3.8) is 0 Å². The Balaban J connectivity index is 2.92. The zero-order valence-electron chi connectivity index (χ0n) is 8.61. The molecule has 80 valence electrons. The van der Waals surface area contributed by atoms with Crippen molar-refractivity contribution in [2.75, 3.05) is 5.75 Å². The van der Waals surface area contributed by atoms with E-state index in [0.29, 0.717) is 12.2 Å². The minimum absolute atomic E-state index is 0.0904. The summed E-state index contributed by atoms with van der Waals surface area (Å²) < 4.78 is 0. The number of hydrogen-bond acceptors (Lipinski definition) is 3. The van der Waals surface area contributed by atoms with Crippen LogP contribution in [0.4, 0.5) is 0 Å². The molecular weight excluding hydrogens is 202 g/mol. The van der Waals surface area contributed by atoms with Crippen LogP contribution >= 0.6 is 11.8 Å². The van der Waals surface area contributed by atoms with Gasteiger partial charge in [0.25, 0.3) is 0 Å². The van der Waals surface area contributed by atoms with Gasteiger partial charge in [0, 0.05) is 12.2 Å². The van der Waals surface area contributed by atoms with Crippen LogP contribution in [0, 0.1) is 0 Å². The molecule has 1 atom stereocenters. The number of carbonyl (C=O) groups is 2. The Bertz CT molecular complexity index is 265. The number of hydrogen-bond donors (Lipinski definition) is 1. The van der Waals surface area contributed by atoms with E-state index < -0.39 is 16.9 Å². The first-order valence-electron chi connectivity index (χ1n) is 4.59. The number of aliphatic carboxylic acids is 1. The standard InChI is InChI=1S/C9H15NO3S/c1-4-7(11)10-6(8(12)13)5-14-9(10,2)3/h6H,4-5H2,1-3H3,(H,12,13)/t6-/m0/s1. The van der Waals surface area contributed by atoms with Gasteiger partial charge in [0.2, 0.25) is 5.91 Å². The molecule has 1 N–H and O–H groups in total. The highest BCUT2D eigenvalue weighted by Gasteiger charge is 2.45. The Labute approximate surface area is 87.7 Å². The fraction of sp³-hybridized carbons (Fsp3) is 0.778. The molecule has 0 aliphatic carbocycles. The molecule has 1 aliphatic heterocycles. The van der Waals surface area contributed by atoms with Crippen molar-refractivity contribution in [1.29, 1.82) is 0 Å². The van der Waals surface area contributed by atoms with E-state index in [4.69, 9.17) is 5.11 Å². The smallest absolute Gasteiger partial charge is 0.327 e. The van der Waals surface area contributed by atoms with Crippen LogP contribution in [0.15, 0.2) is 0 Å². The number of carbonyl (C=O) groups excluding carboxylic acids is 1. The van der Waals surface area contributed by atoms with E-state index in [0.717, 1.165) is 0 Å². The van der Waals surface area contributed by atoms with Gasteiger partial charge in [-0.05, 0) is 13.8 Å². The summed E-state index contributed by atoms with van der Waals surface area (Å²) in [6.07, 6.45) is 0.355. The summed E-state index contributed by atoms with van der Waals surface area (Å²) in [6, 6.07) is -0.664. The number of carboxylic acids is 1. The van der Waals surface area contributed by atoms with E-state index >= 15 is 0 Å². The molecule has 0 aromatic rings. The van der Waals surface area contributed by atoms with Gasteiger partial charge in [-0.3, -0.25) is 4.79 Å². The maximum atomic E-state index is 11.6. The summed E-state index contributed by atoms with van der Waals surface area (Å²) in [5, 5.41) is 8.95. The van der Waals surface area contributed by atoms with Gasteiger partial charge in [-0.25, -0.2) is 4.79 Å². The Morgan fingerprint density at radius 1 is 1.57 bits per heavy atom. The van der Waals surface area contributed by atoms with Crippen LogP contribution in [0.1, 0.15) is 27.2 Å². The molecule has 1 aliphatic rings. The fourth-order valence-electron chi connectivity index (χ4n) is 1.63. The zero-order valence-corrected chi connectivity index (χ0v) is 9.43. The van der Waals surface area contributed by atoms with Crippen molar-refractivity contribution in [3.05, 3.63) is 0 Å². The quantitative estimate of drug-likeness (QED) is 0.754. The maximum Gasteiger partial charge on any atom is 0.327 e. The van der Waals surface area contributed by atoms with E-state index in [1.807, 2.05) is 13.8 Å². The van der Waals surface area contributed by atoms with Crippen molar-refractivity contribution >= 4 is 23.6 Å². The lowest BCUT2D eigenvalue weighted by molar-refractivity contribution is -0.150. The molecule has 0 aromatic heterocycles. The molecule has 0 spiro atoms. The predicted octanol–water partition coefficient (Wildman–Crippen LogP) is 1.16. The molecule has 0 bridgehead atoms. The van der Waals surface area contributed by atoms with Gasteiger partial charge in [0.1, 0.15) is 6.04 Å². The Morgan fingerprint density at radius 3 is 2.57 bits per heavy atom. The SMILES string of the molecule is CCC(=O)N1[C@H](C(=O)O)CSC1(C)C. The first-order valence-corrected chi connectivity index (χ1v) is 5.57. The molecule has 1 heterocycles. The van der Waals surface area contributed by atoms with Gasteiger partial charge >= 0.3 is 5.97 Å². The number of rotatable bonds is 2. The van der Waals surface area contributed by atoms with E-state index in [1.165, 1.54) is 16.7 Å². The fourth-order valence-corrected chi connectivity index (χ4v) is 2.85. The second-order valence-corrected chi connectivity index (χ2v) is 5.35. The highest BCUT2D eigenvalue weighted by atomic mass is 32.2. The lowest BCUT2D eigenvalue weighted by Crippen LogP contribution is -2.49. The Kier molecular flexibility index (Phi) is 3.09. The largest absolute Gasteiger partial charge is 0.480 e. The van der Waals surface area contributed by atoms with Gasteiger partial charge in [-0.1, -0.05) is 6.92 Å². The van der Waals surface area contributed by atoms with Gasteiger partial charge in [-0.2, -0.15) is 0 Å². The highest BCUT2D eigenvalue weighted by molar-refractivity contribution is 8.00. The molecule has 1 amide bonds. The summed E-state index contributed by atoms with van der Waals surface area (Å²) in [6.45, 7) is 5.52. The molecule has 4 nitrogen and oxygen atoms in total. The van der Waals surface area contributed by atoms with E-state index in [9.17, 15) is 9.59 Å². The van der Waals surface area contributed by atoms with E-state index in [-0.39, 0.29) is 5.91 Å². The first kappa shape index (κ1) is 11.4. The number of amides is 1. The third kappa shape index (κ3) is 1.87. The maximum absolute atomic E-state index is 11.6. The number of thioether (sulfide) groups is 1. The lowest BCUT2D eigenvalue weighted by atomic mass is 10.2. The van der Waals surface area contributed by atoms with Crippen LogP contribution < -0.4 is 0 Å². The average Bonchev–Trinajstić information content (AvgIpc) is 2.40. The van der Waals surface area contributed by atoms with Gasteiger partial charge < -0.3 is 10.0 Å². The number of nitrogens with zero attached hydrogens (tertiary/aromatic N) is 1. The van der Waals surface area contributed by atoms with Crippen molar-refractivity contribution in [1.82, 2.24) is 4.90 Å². The van der Waals surface area contributed by atoms with Crippen LogP contribution in [0.25, 0.3) is 0 Å². The molecule has 0 radical (unpaired) electrons. The number of carboxylic acid groups (broad SMARTS) is 1.